The van der Waals surface area contributed by atoms with Gasteiger partial charge < -0.3 is 15.2 Å². The number of nitrogens with one attached hydrogen (secondary N) is 2. The molecule has 5 heteroatoms. The highest BCUT2D eigenvalue weighted by atomic mass is 16.1. The predicted octanol–water partition coefficient (Wildman–Crippen LogP) is 0.635. The van der Waals surface area contributed by atoms with E-state index in [9.17, 15) is 4.79 Å². The van der Waals surface area contributed by atoms with Gasteiger partial charge in [0.05, 0.1) is 12.9 Å². The molecule has 0 saturated heterocycles. The van der Waals surface area contributed by atoms with E-state index in [1.807, 2.05) is 10.8 Å². The molecule has 0 aliphatic rings. The lowest BCUT2D eigenvalue weighted by atomic mass is 10.2. The standard InChI is InChI=1S/C12H22N4O/c1-11(2)8-15-12(17)9-13-4-3-6-16-7-5-14-10-16/h5,7,10-11,13H,3-4,6,8-9H2,1-2H3,(H,15,17). The Morgan fingerprint density at radius 3 is 2.94 bits per heavy atom. The first kappa shape index (κ1) is 13.7. The first-order valence-corrected chi connectivity index (χ1v) is 6.11. The van der Waals surface area contributed by atoms with Gasteiger partial charge in [-0.15, -0.1) is 0 Å². The van der Waals surface area contributed by atoms with Gasteiger partial charge in [-0.25, -0.2) is 4.98 Å². The Labute approximate surface area is 103 Å². The molecule has 0 radical (unpaired) electrons. The van der Waals surface area contributed by atoms with Gasteiger partial charge in [-0.3, -0.25) is 4.79 Å². The summed E-state index contributed by atoms with van der Waals surface area (Å²) in [5.41, 5.74) is 0. The van der Waals surface area contributed by atoms with Gasteiger partial charge in [-0.05, 0) is 18.9 Å². The van der Waals surface area contributed by atoms with Crippen molar-refractivity contribution in [3.05, 3.63) is 18.7 Å². The number of carbonyl (C=O) groups is 1. The zero-order valence-electron chi connectivity index (χ0n) is 10.6. The molecule has 0 unspecified atom stereocenters. The zero-order chi connectivity index (χ0) is 12.5. The minimum atomic E-state index is 0.0707. The van der Waals surface area contributed by atoms with E-state index in [0.29, 0.717) is 12.5 Å². The maximum absolute atomic E-state index is 11.4. The van der Waals surface area contributed by atoms with Crippen LogP contribution in [0.15, 0.2) is 18.7 Å². The smallest absolute Gasteiger partial charge is 0.233 e. The summed E-state index contributed by atoms with van der Waals surface area (Å²) in [5, 5.41) is 6.00. The number of amides is 1. The number of nitrogens with zero attached hydrogens (tertiary/aromatic N) is 2. The molecule has 0 saturated carbocycles. The summed E-state index contributed by atoms with van der Waals surface area (Å²) in [6.07, 6.45) is 6.51. The third-order valence-electron chi connectivity index (χ3n) is 2.32. The van der Waals surface area contributed by atoms with Crippen molar-refractivity contribution >= 4 is 5.91 Å². The number of aryl methyl sites for hydroxylation is 1. The van der Waals surface area contributed by atoms with E-state index in [4.69, 9.17) is 0 Å². The van der Waals surface area contributed by atoms with E-state index in [1.165, 1.54) is 0 Å². The third kappa shape index (κ3) is 6.73. The van der Waals surface area contributed by atoms with Crippen LogP contribution in [0.3, 0.4) is 0 Å². The Hall–Kier alpha value is -1.36. The third-order valence-corrected chi connectivity index (χ3v) is 2.32. The van der Waals surface area contributed by atoms with E-state index in [2.05, 4.69) is 29.5 Å². The van der Waals surface area contributed by atoms with Crippen molar-refractivity contribution in [2.45, 2.75) is 26.8 Å². The number of hydrogen-bond donors (Lipinski definition) is 2. The molecule has 96 valence electrons. The number of rotatable bonds is 8. The van der Waals surface area contributed by atoms with Gasteiger partial charge in [-0.1, -0.05) is 13.8 Å². The van der Waals surface area contributed by atoms with Gasteiger partial charge in [0.25, 0.3) is 0 Å². The average Bonchev–Trinajstić information content (AvgIpc) is 2.79. The van der Waals surface area contributed by atoms with Crippen LogP contribution in [-0.4, -0.2) is 35.1 Å². The minimum absolute atomic E-state index is 0.0707. The highest BCUT2D eigenvalue weighted by molar-refractivity contribution is 5.77. The average molecular weight is 238 g/mol. The quantitative estimate of drug-likeness (QED) is 0.653. The zero-order valence-corrected chi connectivity index (χ0v) is 10.6. The number of carbonyl (C=O) groups excluding carboxylic acids is 1. The second-order valence-electron chi connectivity index (χ2n) is 4.53. The first-order chi connectivity index (χ1) is 8.18. The van der Waals surface area contributed by atoms with Gasteiger partial charge in [0.2, 0.25) is 5.91 Å². The second-order valence-corrected chi connectivity index (χ2v) is 4.53. The van der Waals surface area contributed by atoms with Crippen LogP contribution < -0.4 is 10.6 Å². The van der Waals surface area contributed by atoms with Crippen molar-refractivity contribution < 1.29 is 4.79 Å². The molecule has 0 aromatic carbocycles. The monoisotopic (exact) mass is 238 g/mol. The number of aromatic nitrogens is 2. The highest BCUT2D eigenvalue weighted by Crippen LogP contribution is 1.89. The molecule has 1 heterocycles. The lowest BCUT2D eigenvalue weighted by Crippen LogP contribution is -2.36. The molecule has 0 spiro atoms. The fourth-order valence-corrected chi connectivity index (χ4v) is 1.39. The van der Waals surface area contributed by atoms with Crippen molar-refractivity contribution in [1.82, 2.24) is 20.2 Å². The molecule has 0 aliphatic carbocycles. The molecule has 2 N–H and O–H groups in total. The molecule has 1 amide bonds. The molecule has 17 heavy (non-hydrogen) atoms. The van der Waals surface area contributed by atoms with E-state index in [-0.39, 0.29) is 5.91 Å². The SMILES string of the molecule is CC(C)CNC(=O)CNCCCn1ccnc1. The largest absolute Gasteiger partial charge is 0.355 e. The lowest BCUT2D eigenvalue weighted by molar-refractivity contribution is -0.120. The van der Waals surface area contributed by atoms with Crippen LogP contribution in [0.5, 0.6) is 0 Å². The molecule has 5 nitrogen and oxygen atoms in total. The molecule has 1 aromatic rings. The Bertz CT molecular complexity index is 308. The van der Waals surface area contributed by atoms with Crippen molar-refractivity contribution in [2.75, 3.05) is 19.6 Å². The predicted molar refractivity (Wildman–Crippen MR) is 67.6 cm³/mol. The molecule has 1 rings (SSSR count). The molecule has 0 bridgehead atoms. The number of imidazole rings is 1. The van der Waals surface area contributed by atoms with Gasteiger partial charge in [0.1, 0.15) is 0 Å². The van der Waals surface area contributed by atoms with Gasteiger partial charge in [0.15, 0.2) is 0 Å². The van der Waals surface area contributed by atoms with Crippen molar-refractivity contribution in [3.63, 3.8) is 0 Å². The normalized spacial score (nSPS) is 10.8. The summed E-state index contributed by atoms with van der Waals surface area (Å²) in [6, 6.07) is 0. The molecule has 0 fully saturated rings. The summed E-state index contributed by atoms with van der Waals surface area (Å²) in [4.78, 5) is 15.3. The Balaban J connectivity index is 1.95. The Kier molecular flexibility index (Phi) is 6.32. The lowest BCUT2D eigenvalue weighted by Gasteiger charge is -2.08. The first-order valence-electron chi connectivity index (χ1n) is 6.11. The van der Waals surface area contributed by atoms with Crippen molar-refractivity contribution in [3.8, 4) is 0 Å². The van der Waals surface area contributed by atoms with Gasteiger partial charge in [-0.2, -0.15) is 0 Å². The van der Waals surface area contributed by atoms with Crippen LogP contribution in [0.2, 0.25) is 0 Å². The van der Waals surface area contributed by atoms with E-state index in [0.717, 1.165) is 26.1 Å². The molecule has 0 aliphatic heterocycles. The topological polar surface area (TPSA) is 59.0 Å². The van der Waals surface area contributed by atoms with Gasteiger partial charge >= 0.3 is 0 Å². The summed E-state index contributed by atoms with van der Waals surface area (Å²) in [5.74, 6) is 0.571. The van der Waals surface area contributed by atoms with Crippen LogP contribution in [0.4, 0.5) is 0 Å². The minimum Gasteiger partial charge on any atom is -0.355 e. The van der Waals surface area contributed by atoms with Crippen LogP contribution in [0, 0.1) is 5.92 Å². The van der Waals surface area contributed by atoms with Gasteiger partial charge in [0, 0.05) is 25.5 Å². The van der Waals surface area contributed by atoms with Crippen LogP contribution >= 0.6 is 0 Å². The molecule has 0 atom stereocenters. The fraction of sp³-hybridized carbons (Fsp3) is 0.667. The Morgan fingerprint density at radius 1 is 1.47 bits per heavy atom. The maximum Gasteiger partial charge on any atom is 0.233 e. The van der Waals surface area contributed by atoms with E-state index >= 15 is 0 Å². The Morgan fingerprint density at radius 2 is 2.29 bits per heavy atom. The molecule has 1 aromatic heterocycles. The summed E-state index contributed by atoms with van der Waals surface area (Å²) in [7, 11) is 0. The van der Waals surface area contributed by atoms with E-state index < -0.39 is 0 Å². The van der Waals surface area contributed by atoms with Crippen LogP contribution in [-0.2, 0) is 11.3 Å². The summed E-state index contributed by atoms with van der Waals surface area (Å²) in [6.45, 7) is 7.08. The van der Waals surface area contributed by atoms with Crippen LogP contribution in [0.25, 0.3) is 0 Å². The number of hydrogen-bond acceptors (Lipinski definition) is 3. The van der Waals surface area contributed by atoms with Crippen LogP contribution in [0.1, 0.15) is 20.3 Å². The molecular weight excluding hydrogens is 216 g/mol. The second kappa shape index (κ2) is 7.84. The maximum atomic E-state index is 11.4. The summed E-state index contributed by atoms with van der Waals surface area (Å²) >= 11 is 0. The summed E-state index contributed by atoms with van der Waals surface area (Å²) < 4.78 is 2.03. The van der Waals surface area contributed by atoms with Crippen molar-refractivity contribution in [2.24, 2.45) is 5.92 Å². The highest BCUT2D eigenvalue weighted by Gasteiger charge is 2.00. The van der Waals surface area contributed by atoms with E-state index in [1.54, 1.807) is 12.5 Å². The van der Waals surface area contributed by atoms with Crippen molar-refractivity contribution in [1.29, 1.82) is 0 Å². The molecular formula is C12H22N4O. The fourth-order valence-electron chi connectivity index (χ4n) is 1.39.